The van der Waals surface area contributed by atoms with Crippen LogP contribution in [0.1, 0.15) is 36.2 Å². The van der Waals surface area contributed by atoms with E-state index >= 15 is 0 Å². The first-order valence-corrected chi connectivity index (χ1v) is 6.15. The van der Waals surface area contributed by atoms with Crippen LogP contribution in [0.4, 0.5) is 14.5 Å². The van der Waals surface area contributed by atoms with E-state index in [2.05, 4.69) is 0 Å². The maximum Gasteiger partial charge on any atom is 0.230 e. The minimum Gasteiger partial charge on any atom is -0.291 e. The molecule has 4 nitrogen and oxygen atoms in total. The Kier molecular flexibility index (Phi) is 3.65. The Hall–Kier alpha value is -2.11. The largest absolute Gasteiger partial charge is 0.291 e. The number of nitrogens with zero attached hydrogens (tertiary/aromatic N) is 1. The summed E-state index contributed by atoms with van der Waals surface area (Å²) in [5.41, 5.74) is -0.184. The van der Waals surface area contributed by atoms with Crippen LogP contribution in [0.5, 0.6) is 0 Å². The van der Waals surface area contributed by atoms with Crippen molar-refractivity contribution in [3.8, 4) is 0 Å². The zero-order valence-corrected chi connectivity index (χ0v) is 11.1. The van der Waals surface area contributed by atoms with Crippen molar-refractivity contribution in [1.82, 2.24) is 0 Å². The van der Waals surface area contributed by atoms with Crippen molar-refractivity contribution in [3.05, 3.63) is 29.1 Å². The van der Waals surface area contributed by atoms with Crippen molar-refractivity contribution < 1.29 is 23.2 Å². The molecular formula is C14H13F2NO3. The average molecular weight is 281 g/mol. The maximum absolute atomic E-state index is 13.8. The molecule has 0 aromatic heterocycles. The van der Waals surface area contributed by atoms with Crippen molar-refractivity contribution in [2.45, 2.75) is 32.9 Å². The molecule has 0 saturated heterocycles. The van der Waals surface area contributed by atoms with Crippen LogP contribution in [0.25, 0.3) is 0 Å². The number of amides is 2. The molecule has 2 rings (SSSR count). The first kappa shape index (κ1) is 14.3. The highest BCUT2D eigenvalue weighted by molar-refractivity contribution is 6.18. The molecule has 106 valence electrons. The minimum absolute atomic E-state index is 0.0475. The van der Waals surface area contributed by atoms with Crippen molar-refractivity contribution in [3.63, 3.8) is 0 Å². The van der Waals surface area contributed by atoms with Gasteiger partial charge in [0.25, 0.3) is 0 Å². The normalized spacial score (nSPS) is 17.6. The smallest absolute Gasteiger partial charge is 0.230 e. The number of anilines is 1. The number of Topliss-reactive ketones (excluding diaryl/α,β-unsaturated/α-hetero) is 1. The SMILES string of the molecule is CC(=O)N(C(C)=O)c1ccc(F)c2c1C(=O)C(F)CC2. The van der Waals surface area contributed by atoms with Crippen molar-refractivity contribution in [2.75, 3.05) is 4.90 Å². The molecule has 0 radical (unpaired) electrons. The fraction of sp³-hybridized carbons (Fsp3) is 0.357. The van der Waals surface area contributed by atoms with Crippen LogP contribution in [-0.4, -0.2) is 23.8 Å². The summed E-state index contributed by atoms with van der Waals surface area (Å²) in [6.07, 6.45) is -1.76. The summed E-state index contributed by atoms with van der Waals surface area (Å²) in [6, 6.07) is 2.24. The molecule has 2 amide bonds. The Bertz CT molecular complexity index is 599. The summed E-state index contributed by atoms with van der Waals surface area (Å²) < 4.78 is 27.3. The van der Waals surface area contributed by atoms with Crippen LogP contribution in [0.3, 0.4) is 0 Å². The summed E-state index contributed by atoms with van der Waals surface area (Å²) in [5, 5.41) is 0. The van der Waals surface area contributed by atoms with Gasteiger partial charge in [-0.2, -0.15) is 0 Å². The second-order valence-electron chi connectivity index (χ2n) is 4.66. The van der Waals surface area contributed by atoms with Crippen LogP contribution >= 0.6 is 0 Å². The van der Waals surface area contributed by atoms with Gasteiger partial charge in [-0.15, -0.1) is 0 Å². The van der Waals surface area contributed by atoms with E-state index in [4.69, 9.17) is 0 Å². The summed E-state index contributed by atoms with van der Waals surface area (Å²) in [6.45, 7) is 2.30. The molecule has 0 aliphatic heterocycles. The lowest BCUT2D eigenvalue weighted by molar-refractivity contribution is -0.124. The number of fused-ring (bicyclic) bond motifs is 1. The molecule has 20 heavy (non-hydrogen) atoms. The van der Waals surface area contributed by atoms with Gasteiger partial charge in [0.15, 0.2) is 12.0 Å². The summed E-state index contributed by atoms with van der Waals surface area (Å²) in [7, 11) is 0. The fourth-order valence-electron chi connectivity index (χ4n) is 2.44. The third kappa shape index (κ3) is 2.21. The molecule has 0 bridgehead atoms. The number of carbonyl (C=O) groups is 3. The first-order chi connectivity index (χ1) is 9.34. The van der Waals surface area contributed by atoms with E-state index in [1.807, 2.05) is 0 Å². The highest BCUT2D eigenvalue weighted by atomic mass is 19.1. The topological polar surface area (TPSA) is 54.5 Å². The highest BCUT2D eigenvalue weighted by Gasteiger charge is 2.34. The molecule has 0 spiro atoms. The monoisotopic (exact) mass is 281 g/mol. The lowest BCUT2D eigenvalue weighted by atomic mass is 9.87. The molecule has 1 atom stereocenters. The van der Waals surface area contributed by atoms with Gasteiger partial charge in [0, 0.05) is 19.4 Å². The van der Waals surface area contributed by atoms with Gasteiger partial charge in [-0.05, 0) is 25.0 Å². The number of benzene rings is 1. The Morgan fingerprint density at radius 1 is 1.25 bits per heavy atom. The Balaban J connectivity index is 2.69. The number of hydrogen-bond donors (Lipinski definition) is 0. The summed E-state index contributed by atoms with van der Waals surface area (Å²) in [5.74, 6) is -2.73. The molecule has 1 aliphatic rings. The molecular weight excluding hydrogens is 268 g/mol. The predicted molar refractivity (Wildman–Crippen MR) is 67.8 cm³/mol. The standard InChI is InChI=1S/C14H13F2NO3/c1-7(18)17(8(2)19)12-6-5-10(15)9-3-4-11(16)14(20)13(9)12/h5-6,11H,3-4H2,1-2H3. The minimum atomic E-state index is -1.73. The van der Waals surface area contributed by atoms with Crippen LogP contribution in [0, 0.1) is 5.82 Å². The first-order valence-electron chi connectivity index (χ1n) is 6.15. The molecule has 0 fully saturated rings. The van der Waals surface area contributed by atoms with Crippen LogP contribution in [-0.2, 0) is 16.0 Å². The number of halogens is 2. The second-order valence-corrected chi connectivity index (χ2v) is 4.66. The van der Waals surface area contributed by atoms with Crippen molar-refractivity contribution >= 4 is 23.3 Å². The summed E-state index contributed by atoms with van der Waals surface area (Å²) in [4.78, 5) is 35.8. The highest BCUT2D eigenvalue weighted by Crippen LogP contribution is 2.33. The number of imide groups is 1. The third-order valence-electron chi connectivity index (χ3n) is 3.28. The number of hydrogen-bond acceptors (Lipinski definition) is 3. The lowest BCUT2D eigenvalue weighted by Gasteiger charge is -2.26. The predicted octanol–water partition coefficient (Wildman–Crippen LogP) is 2.19. The maximum atomic E-state index is 13.8. The van der Waals surface area contributed by atoms with Crippen LogP contribution in [0.15, 0.2) is 12.1 Å². The second kappa shape index (κ2) is 5.11. The summed E-state index contributed by atoms with van der Waals surface area (Å²) >= 11 is 0. The number of alkyl halides is 1. The van der Waals surface area contributed by atoms with Gasteiger partial charge in [0.1, 0.15) is 5.82 Å². The Morgan fingerprint density at radius 2 is 1.85 bits per heavy atom. The van der Waals surface area contributed by atoms with Crippen LogP contribution in [0.2, 0.25) is 0 Å². The quantitative estimate of drug-likeness (QED) is 0.793. The van der Waals surface area contributed by atoms with Gasteiger partial charge in [-0.3, -0.25) is 19.3 Å². The van der Waals surface area contributed by atoms with Crippen molar-refractivity contribution in [2.24, 2.45) is 0 Å². The van der Waals surface area contributed by atoms with Gasteiger partial charge in [-0.25, -0.2) is 8.78 Å². The Labute approximate surface area is 114 Å². The number of rotatable bonds is 1. The fourth-order valence-corrected chi connectivity index (χ4v) is 2.44. The van der Waals surface area contributed by atoms with E-state index < -0.39 is 29.6 Å². The molecule has 1 aliphatic carbocycles. The molecule has 1 aromatic rings. The average Bonchev–Trinajstić information content (AvgIpc) is 2.35. The van der Waals surface area contributed by atoms with Crippen LogP contribution < -0.4 is 4.90 Å². The number of ketones is 1. The van der Waals surface area contributed by atoms with E-state index in [9.17, 15) is 23.2 Å². The van der Waals surface area contributed by atoms with Gasteiger partial charge in [0.2, 0.25) is 11.8 Å². The molecule has 0 saturated carbocycles. The Morgan fingerprint density at radius 3 is 2.40 bits per heavy atom. The van der Waals surface area contributed by atoms with E-state index in [1.54, 1.807) is 0 Å². The number of carbonyl (C=O) groups excluding carboxylic acids is 3. The zero-order valence-electron chi connectivity index (χ0n) is 11.1. The van der Waals surface area contributed by atoms with E-state index in [1.165, 1.54) is 0 Å². The van der Waals surface area contributed by atoms with Crippen molar-refractivity contribution in [1.29, 1.82) is 0 Å². The third-order valence-corrected chi connectivity index (χ3v) is 3.28. The van der Waals surface area contributed by atoms with Gasteiger partial charge in [-0.1, -0.05) is 0 Å². The molecule has 6 heteroatoms. The lowest BCUT2D eigenvalue weighted by Crippen LogP contribution is -2.36. The van der Waals surface area contributed by atoms with Gasteiger partial charge < -0.3 is 0 Å². The molecule has 0 heterocycles. The van der Waals surface area contributed by atoms with Gasteiger partial charge >= 0.3 is 0 Å². The molecule has 1 unspecified atom stereocenters. The van der Waals surface area contributed by atoms with E-state index in [0.29, 0.717) is 0 Å². The van der Waals surface area contributed by atoms with E-state index in [-0.39, 0.29) is 29.7 Å². The molecule has 1 aromatic carbocycles. The van der Waals surface area contributed by atoms with Gasteiger partial charge in [0.05, 0.1) is 11.3 Å². The molecule has 0 N–H and O–H groups in total. The van der Waals surface area contributed by atoms with E-state index in [0.717, 1.165) is 30.9 Å². The zero-order chi connectivity index (χ0) is 15.0.